The second kappa shape index (κ2) is 6.17. The highest BCUT2D eigenvalue weighted by atomic mass is 32.1. The average Bonchev–Trinajstić information content (AvgIpc) is 3.25. The Bertz CT molecular complexity index is 799. The summed E-state index contributed by atoms with van der Waals surface area (Å²) in [6.07, 6.45) is 3.80. The molecule has 0 aromatic carbocycles. The van der Waals surface area contributed by atoms with Gasteiger partial charge >= 0.3 is 0 Å². The van der Waals surface area contributed by atoms with Gasteiger partial charge in [-0.3, -0.25) is 4.90 Å². The van der Waals surface area contributed by atoms with Crippen LogP contribution in [0.15, 0.2) is 28.2 Å². The Kier molecular flexibility index (Phi) is 3.88. The predicted octanol–water partition coefficient (Wildman–Crippen LogP) is 2.71. The van der Waals surface area contributed by atoms with Gasteiger partial charge in [-0.15, -0.1) is 11.3 Å². The van der Waals surface area contributed by atoms with Crippen LogP contribution in [-0.2, 0) is 25.9 Å². The maximum absolute atomic E-state index is 5.40. The number of rotatable bonds is 4. The molecule has 7 heteroatoms. The quantitative estimate of drug-likeness (QED) is 0.734. The van der Waals surface area contributed by atoms with Gasteiger partial charge in [0.1, 0.15) is 5.82 Å². The maximum Gasteiger partial charge on any atom is 0.241 e. The lowest BCUT2D eigenvalue weighted by molar-refractivity contribution is 0.207. The van der Waals surface area contributed by atoms with Crippen molar-refractivity contribution in [1.29, 1.82) is 0 Å². The van der Waals surface area contributed by atoms with Crippen LogP contribution >= 0.6 is 11.3 Å². The van der Waals surface area contributed by atoms with E-state index in [1.54, 1.807) is 11.3 Å². The summed E-state index contributed by atoms with van der Waals surface area (Å²) in [5.41, 5.74) is 2.38. The predicted molar refractivity (Wildman–Crippen MR) is 86.8 cm³/mol. The van der Waals surface area contributed by atoms with Crippen molar-refractivity contribution in [2.24, 2.45) is 0 Å². The molecule has 118 valence electrons. The first-order valence-electron chi connectivity index (χ1n) is 7.74. The summed E-state index contributed by atoms with van der Waals surface area (Å²) >= 11 is 1.61. The van der Waals surface area contributed by atoms with Crippen LogP contribution in [0, 0.1) is 0 Å². The molecule has 4 heterocycles. The number of aromatic nitrogens is 4. The highest BCUT2D eigenvalue weighted by Crippen LogP contribution is 2.23. The number of aryl methyl sites for hydroxylation is 1. The van der Waals surface area contributed by atoms with Gasteiger partial charge in [-0.25, -0.2) is 9.97 Å². The Morgan fingerprint density at radius 1 is 1.35 bits per heavy atom. The molecule has 0 radical (unpaired) electrons. The van der Waals surface area contributed by atoms with Gasteiger partial charge < -0.3 is 4.52 Å². The van der Waals surface area contributed by atoms with E-state index in [1.165, 1.54) is 5.56 Å². The Hall–Kier alpha value is -2.12. The van der Waals surface area contributed by atoms with Crippen LogP contribution < -0.4 is 0 Å². The van der Waals surface area contributed by atoms with E-state index in [1.807, 2.05) is 23.7 Å². The second-order valence-electron chi connectivity index (χ2n) is 5.56. The van der Waals surface area contributed by atoms with Crippen LogP contribution in [-0.4, -0.2) is 31.6 Å². The molecule has 3 aromatic heterocycles. The summed E-state index contributed by atoms with van der Waals surface area (Å²) in [6, 6.07) is 3.99. The molecule has 0 aliphatic carbocycles. The molecular formula is C16H17N5OS. The first kappa shape index (κ1) is 14.5. The van der Waals surface area contributed by atoms with Gasteiger partial charge in [-0.2, -0.15) is 4.98 Å². The minimum Gasteiger partial charge on any atom is -0.338 e. The van der Waals surface area contributed by atoms with Crippen LogP contribution in [0.25, 0.3) is 10.7 Å². The lowest BCUT2D eigenvalue weighted by atomic mass is 10.1. The van der Waals surface area contributed by atoms with E-state index < -0.39 is 0 Å². The van der Waals surface area contributed by atoms with Crippen molar-refractivity contribution in [2.75, 3.05) is 6.54 Å². The van der Waals surface area contributed by atoms with E-state index in [4.69, 9.17) is 4.52 Å². The molecule has 0 saturated carbocycles. The summed E-state index contributed by atoms with van der Waals surface area (Å²) in [5.74, 6) is 2.23. The summed E-state index contributed by atoms with van der Waals surface area (Å²) in [5, 5.41) is 6.08. The Morgan fingerprint density at radius 2 is 2.30 bits per heavy atom. The number of thiophene rings is 1. The lowest BCUT2D eigenvalue weighted by Gasteiger charge is -2.26. The molecule has 0 bridgehead atoms. The van der Waals surface area contributed by atoms with Crippen molar-refractivity contribution in [2.45, 2.75) is 32.9 Å². The van der Waals surface area contributed by atoms with Gasteiger partial charge in [0.15, 0.2) is 0 Å². The third-order valence-electron chi connectivity index (χ3n) is 3.96. The van der Waals surface area contributed by atoms with Crippen LogP contribution in [0.3, 0.4) is 0 Å². The number of nitrogens with zero attached hydrogens (tertiary/aromatic N) is 5. The molecule has 1 aliphatic rings. The molecule has 6 nitrogen and oxygen atoms in total. The van der Waals surface area contributed by atoms with E-state index in [0.29, 0.717) is 18.3 Å². The minimum atomic E-state index is 0.654. The summed E-state index contributed by atoms with van der Waals surface area (Å²) in [4.78, 5) is 16.9. The van der Waals surface area contributed by atoms with Crippen molar-refractivity contribution in [3.63, 3.8) is 0 Å². The monoisotopic (exact) mass is 327 g/mol. The van der Waals surface area contributed by atoms with Gasteiger partial charge in [0.05, 0.1) is 17.1 Å². The number of hydrogen-bond donors (Lipinski definition) is 0. The van der Waals surface area contributed by atoms with Crippen molar-refractivity contribution in [1.82, 2.24) is 25.0 Å². The topological polar surface area (TPSA) is 67.9 Å². The molecule has 0 unspecified atom stereocenters. The van der Waals surface area contributed by atoms with Crippen LogP contribution in [0.5, 0.6) is 0 Å². The summed E-state index contributed by atoms with van der Waals surface area (Å²) < 4.78 is 5.40. The van der Waals surface area contributed by atoms with Crippen molar-refractivity contribution < 1.29 is 4.52 Å². The molecular weight excluding hydrogens is 310 g/mol. The zero-order valence-corrected chi connectivity index (χ0v) is 13.7. The maximum atomic E-state index is 5.40. The zero-order valence-electron chi connectivity index (χ0n) is 12.9. The fraction of sp³-hybridized carbons (Fsp3) is 0.375. The van der Waals surface area contributed by atoms with Gasteiger partial charge in [0, 0.05) is 25.7 Å². The van der Waals surface area contributed by atoms with E-state index in [0.717, 1.165) is 42.3 Å². The number of hydrogen-bond acceptors (Lipinski definition) is 7. The van der Waals surface area contributed by atoms with Crippen molar-refractivity contribution in [3.05, 3.63) is 46.7 Å². The molecule has 23 heavy (non-hydrogen) atoms. The second-order valence-corrected chi connectivity index (χ2v) is 6.51. The summed E-state index contributed by atoms with van der Waals surface area (Å²) in [6.45, 7) is 4.50. The molecule has 3 aromatic rings. The Morgan fingerprint density at radius 3 is 3.13 bits per heavy atom. The van der Waals surface area contributed by atoms with E-state index in [2.05, 4.69) is 31.9 Å². The van der Waals surface area contributed by atoms with E-state index >= 15 is 0 Å². The third-order valence-corrected chi connectivity index (χ3v) is 4.83. The Balaban J connectivity index is 1.48. The molecule has 0 fully saturated rings. The van der Waals surface area contributed by atoms with Gasteiger partial charge in [-0.05, 0) is 23.4 Å². The van der Waals surface area contributed by atoms with E-state index in [9.17, 15) is 0 Å². The highest BCUT2D eigenvalue weighted by molar-refractivity contribution is 7.13. The first-order chi connectivity index (χ1) is 11.3. The lowest BCUT2D eigenvalue weighted by Crippen LogP contribution is -2.31. The standard InChI is InChI=1S/C16H17N5OS/c1-2-14-17-8-11-5-6-21(9-12(11)18-14)10-15-19-16(20-22-15)13-4-3-7-23-13/h3-4,7-8H,2,5-6,9-10H2,1H3. The normalized spacial score (nSPS) is 14.8. The van der Waals surface area contributed by atoms with Gasteiger partial charge in [-0.1, -0.05) is 18.1 Å². The first-order valence-corrected chi connectivity index (χ1v) is 8.62. The van der Waals surface area contributed by atoms with Gasteiger partial charge in [0.2, 0.25) is 11.7 Å². The SMILES string of the molecule is CCc1ncc2c(n1)CN(Cc1nc(-c3cccs3)no1)CC2. The van der Waals surface area contributed by atoms with Gasteiger partial charge in [0.25, 0.3) is 0 Å². The number of fused-ring (bicyclic) bond motifs is 1. The summed E-state index contributed by atoms with van der Waals surface area (Å²) in [7, 11) is 0. The molecule has 0 N–H and O–H groups in total. The average molecular weight is 327 g/mol. The Labute approximate surface area is 138 Å². The molecule has 0 saturated heterocycles. The van der Waals surface area contributed by atoms with E-state index in [-0.39, 0.29) is 0 Å². The van der Waals surface area contributed by atoms with Crippen LogP contribution in [0.1, 0.15) is 29.9 Å². The van der Waals surface area contributed by atoms with Crippen LogP contribution in [0.4, 0.5) is 0 Å². The molecule has 0 amide bonds. The molecule has 0 spiro atoms. The van der Waals surface area contributed by atoms with Crippen molar-refractivity contribution >= 4 is 11.3 Å². The smallest absolute Gasteiger partial charge is 0.241 e. The largest absolute Gasteiger partial charge is 0.338 e. The third kappa shape index (κ3) is 3.02. The van der Waals surface area contributed by atoms with Crippen molar-refractivity contribution in [3.8, 4) is 10.7 Å². The molecule has 4 rings (SSSR count). The minimum absolute atomic E-state index is 0.654. The zero-order chi connectivity index (χ0) is 15.6. The van der Waals surface area contributed by atoms with Crippen LogP contribution in [0.2, 0.25) is 0 Å². The fourth-order valence-electron chi connectivity index (χ4n) is 2.72. The molecule has 1 aliphatic heterocycles. The molecule has 0 atom stereocenters. The fourth-order valence-corrected chi connectivity index (χ4v) is 3.37. The highest BCUT2D eigenvalue weighted by Gasteiger charge is 2.20.